The van der Waals surface area contributed by atoms with E-state index >= 15 is 0 Å². The molecule has 0 radical (unpaired) electrons. The lowest BCUT2D eigenvalue weighted by Gasteiger charge is -2.11. The highest BCUT2D eigenvalue weighted by molar-refractivity contribution is 7.92. The highest BCUT2D eigenvalue weighted by Gasteiger charge is 2.19. The molecule has 2 aromatic rings. The van der Waals surface area contributed by atoms with Gasteiger partial charge >= 0.3 is 0 Å². The smallest absolute Gasteiger partial charge is 0.262 e. The Morgan fingerprint density at radius 2 is 1.48 bits per heavy atom. The van der Waals surface area contributed by atoms with Gasteiger partial charge in [0.2, 0.25) is 0 Å². The molecule has 0 bridgehead atoms. The highest BCUT2D eigenvalue weighted by Crippen LogP contribution is 2.23. The third kappa shape index (κ3) is 3.39. The number of anilines is 1. The van der Waals surface area contributed by atoms with Gasteiger partial charge in [0, 0.05) is 0 Å². The first kappa shape index (κ1) is 15.4. The molecule has 0 spiro atoms. The molecule has 0 heterocycles. The maximum Gasteiger partial charge on any atom is 0.262 e. The number of benzene rings is 2. The molecule has 0 aromatic heterocycles. The van der Waals surface area contributed by atoms with Crippen molar-refractivity contribution >= 4 is 15.7 Å². The molecule has 3 nitrogen and oxygen atoms in total. The van der Waals surface area contributed by atoms with Crippen LogP contribution in [0.5, 0.6) is 0 Å². The van der Waals surface area contributed by atoms with Crippen molar-refractivity contribution in [2.24, 2.45) is 0 Å². The quantitative estimate of drug-likeness (QED) is 0.931. The van der Waals surface area contributed by atoms with Crippen LogP contribution in [-0.4, -0.2) is 8.42 Å². The Bertz CT molecular complexity index is 721. The molecule has 1 N–H and O–H groups in total. The Hall–Kier alpha value is -1.95. The highest BCUT2D eigenvalue weighted by atomic mass is 32.2. The van der Waals surface area contributed by atoms with Crippen LogP contribution in [0.15, 0.2) is 47.4 Å². The molecule has 0 atom stereocenters. The number of halogens is 2. The van der Waals surface area contributed by atoms with Gasteiger partial charge in [-0.2, -0.15) is 0 Å². The molecule has 0 saturated carbocycles. The van der Waals surface area contributed by atoms with Crippen LogP contribution in [0, 0.1) is 11.6 Å². The van der Waals surface area contributed by atoms with Gasteiger partial charge in [-0.25, -0.2) is 17.2 Å². The van der Waals surface area contributed by atoms with Gasteiger partial charge in [0.15, 0.2) is 0 Å². The van der Waals surface area contributed by atoms with Gasteiger partial charge in [0.25, 0.3) is 10.0 Å². The van der Waals surface area contributed by atoms with E-state index in [0.29, 0.717) is 0 Å². The van der Waals surface area contributed by atoms with E-state index in [-0.39, 0.29) is 10.8 Å². The molecule has 0 saturated heterocycles. The average Bonchev–Trinajstić information content (AvgIpc) is 2.43. The second-order valence-electron chi connectivity index (χ2n) is 4.93. The van der Waals surface area contributed by atoms with Crippen LogP contribution >= 0.6 is 0 Å². The van der Waals surface area contributed by atoms with Crippen molar-refractivity contribution < 1.29 is 17.2 Å². The van der Waals surface area contributed by atoms with E-state index in [2.05, 4.69) is 0 Å². The van der Waals surface area contributed by atoms with Crippen molar-refractivity contribution in [1.29, 1.82) is 0 Å². The van der Waals surface area contributed by atoms with Gasteiger partial charge in [-0.3, -0.25) is 4.72 Å². The molecular weight excluding hydrogens is 296 g/mol. The summed E-state index contributed by atoms with van der Waals surface area (Å²) < 4.78 is 53.2. The first-order valence-corrected chi connectivity index (χ1v) is 7.86. The van der Waals surface area contributed by atoms with E-state index in [4.69, 9.17) is 0 Å². The van der Waals surface area contributed by atoms with Gasteiger partial charge < -0.3 is 0 Å². The summed E-state index contributed by atoms with van der Waals surface area (Å²) in [5.41, 5.74) is 0.302. The standard InChI is InChI=1S/C15H15F2NO2S/c1-10(2)11-6-8-12(9-7-11)21(19,20)18-15-13(16)4-3-5-14(15)17/h3-10,18H,1-2H3. The summed E-state index contributed by atoms with van der Waals surface area (Å²) in [5.74, 6) is -1.66. The van der Waals surface area contributed by atoms with Gasteiger partial charge in [0.1, 0.15) is 17.3 Å². The SMILES string of the molecule is CC(C)c1ccc(S(=O)(=O)Nc2c(F)cccc2F)cc1. The van der Waals surface area contributed by atoms with Crippen LogP contribution in [0.3, 0.4) is 0 Å². The number of hydrogen-bond donors (Lipinski definition) is 1. The maximum absolute atomic E-state index is 13.5. The molecule has 0 aliphatic carbocycles. The summed E-state index contributed by atoms with van der Waals surface area (Å²) in [6, 6.07) is 9.33. The van der Waals surface area contributed by atoms with Crippen molar-refractivity contribution in [3.8, 4) is 0 Å². The van der Waals surface area contributed by atoms with Crippen LogP contribution in [0.2, 0.25) is 0 Å². The Balaban J connectivity index is 2.34. The number of rotatable bonds is 4. The number of para-hydroxylation sites is 1. The van der Waals surface area contributed by atoms with Crippen LogP contribution in [0.25, 0.3) is 0 Å². The monoisotopic (exact) mass is 311 g/mol. The van der Waals surface area contributed by atoms with Gasteiger partial charge in [0.05, 0.1) is 4.90 Å². The largest absolute Gasteiger partial charge is 0.274 e. The van der Waals surface area contributed by atoms with Crippen LogP contribution in [-0.2, 0) is 10.0 Å². The Morgan fingerprint density at radius 1 is 0.952 bits per heavy atom. The first-order chi connectivity index (χ1) is 9.81. The lowest BCUT2D eigenvalue weighted by Crippen LogP contribution is -2.15. The topological polar surface area (TPSA) is 46.2 Å². The normalized spacial score (nSPS) is 11.7. The third-order valence-corrected chi connectivity index (χ3v) is 4.42. The summed E-state index contributed by atoms with van der Waals surface area (Å²) >= 11 is 0. The molecule has 6 heteroatoms. The zero-order chi connectivity index (χ0) is 15.6. The minimum absolute atomic E-state index is 0.0467. The predicted molar refractivity (Wildman–Crippen MR) is 77.7 cm³/mol. The molecule has 0 amide bonds. The minimum atomic E-state index is -4.03. The zero-order valence-corrected chi connectivity index (χ0v) is 12.4. The summed E-state index contributed by atoms with van der Waals surface area (Å²) in [6.45, 7) is 3.97. The minimum Gasteiger partial charge on any atom is -0.274 e. The maximum atomic E-state index is 13.5. The fourth-order valence-corrected chi connectivity index (χ4v) is 2.90. The molecule has 2 rings (SSSR count). The summed E-state index contributed by atoms with van der Waals surface area (Å²) in [6.07, 6.45) is 0. The Morgan fingerprint density at radius 3 is 1.95 bits per heavy atom. The van der Waals surface area contributed by atoms with Crippen LogP contribution in [0.4, 0.5) is 14.5 Å². The Labute approximate surface area is 122 Å². The van der Waals surface area contributed by atoms with E-state index in [1.807, 2.05) is 18.6 Å². The predicted octanol–water partition coefficient (Wildman–Crippen LogP) is 3.89. The van der Waals surface area contributed by atoms with Crippen LogP contribution in [0.1, 0.15) is 25.3 Å². The fraction of sp³-hybridized carbons (Fsp3) is 0.200. The fourth-order valence-electron chi connectivity index (χ4n) is 1.82. The lowest BCUT2D eigenvalue weighted by molar-refractivity contribution is 0.583. The van der Waals surface area contributed by atoms with E-state index in [1.54, 1.807) is 12.1 Å². The zero-order valence-electron chi connectivity index (χ0n) is 11.6. The van der Waals surface area contributed by atoms with Crippen LogP contribution < -0.4 is 4.72 Å². The number of nitrogens with one attached hydrogen (secondary N) is 1. The van der Waals surface area contributed by atoms with Crippen molar-refractivity contribution in [1.82, 2.24) is 0 Å². The third-order valence-electron chi connectivity index (χ3n) is 3.06. The molecule has 0 aliphatic rings. The van der Waals surface area contributed by atoms with E-state index in [0.717, 1.165) is 17.7 Å². The first-order valence-electron chi connectivity index (χ1n) is 6.38. The van der Waals surface area contributed by atoms with Crippen molar-refractivity contribution in [2.75, 3.05) is 4.72 Å². The molecule has 0 aliphatic heterocycles. The van der Waals surface area contributed by atoms with E-state index in [1.165, 1.54) is 18.2 Å². The number of hydrogen-bond acceptors (Lipinski definition) is 2. The van der Waals surface area contributed by atoms with Gasteiger partial charge in [-0.15, -0.1) is 0 Å². The van der Waals surface area contributed by atoms with Gasteiger partial charge in [-0.05, 0) is 35.7 Å². The van der Waals surface area contributed by atoms with Crippen molar-refractivity contribution in [3.05, 3.63) is 59.7 Å². The summed E-state index contributed by atoms with van der Waals surface area (Å²) in [7, 11) is -4.03. The molecular formula is C15H15F2NO2S. The summed E-state index contributed by atoms with van der Waals surface area (Å²) in [5, 5.41) is 0. The van der Waals surface area contributed by atoms with E-state index < -0.39 is 27.3 Å². The molecule has 0 fully saturated rings. The lowest BCUT2D eigenvalue weighted by atomic mass is 10.0. The molecule has 21 heavy (non-hydrogen) atoms. The second-order valence-corrected chi connectivity index (χ2v) is 6.61. The molecule has 0 unspecified atom stereocenters. The Kier molecular flexibility index (Phi) is 4.27. The molecule has 112 valence electrons. The average molecular weight is 311 g/mol. The summed E-state index contributed by atoms with van der Waals surface area (Å²) in [4.78, 5) is -0.0467. The van der Waals surface area contributed by atoms with Crippen molar-refractivity contribution in [2.45, 2.75) is 24.7 Å². The van der Waals surface area contributed by atoms with Crippen molar-refractivity contribution in [3.63, 3.8) is 0 Å². The number of sulfonamides is 1. The van der Waals surface area contributed by atoms with Gasteiger partial charge in [-0.1, -0.05) is 32.0 Å². The second kappa shape index (κ2) is 5.81. The van der Waals surface area contributed by atoms with E-state index in [9.17, 15) is 17.2 Å². The molecule has 2 aromatic carbocycles.